The van der Waals surface area contributed by atoms with Crippen molar-refractivity contribution in [3.05, 3.63) is 52.5 Å². The summed E-state index contributed by atoms with van der Waals surface area (Å²) in [5, 5.41) is 1.31. The first kappa shape index (κ1) is 17.1. The van der Waals surface area contributed by atoms with Crippen LogP contribution in [0.4, 0.5) is 0 Å². The minimum Gasteiger partial charge on any atom is -0.494 e. The maximum atomic E-state index is 6.22. The second-order valence-electron chi connectivity index (χ2n) is 5.17. The van der Waals surface area contributed by atoms with Crippen molar-refractivity contribution in [2.45, 2.75) is 25.7 Å². The molecular formula is C18H21Cl2NO. The van der Waals surface area contributed by atoms with E-state index in [1.807, 2.05) is 42.5 Å². The van der Waals surface area contributed by atoms with Gasteiger partial charge < -0.3 is 10.5 Å². The molecule has 0 aliphatic rings. The summed E-state index contributed by atoms with van der Waals surface area (Å²) in [6.45, 7) is 1.50. The highest BCUT2D eigenvalue weighted by Crippen LogP contribution is 2.35. The lowest BCUT2D eigenvalue weighted by atomic mass is 10.1. The quantitative estimate of drug-likeness (QED) is 0.640. The number of unbranched alkanes of at least 4 members (excludes halogenated alkanes) is 3. The highest BCUT2D eigenvalue weighted by molar-refractivity contribution is 6.39. The summed E-state index contributed by atoms with van der Waals surface area (Å²) in [5.41, 5.74) is 7.32. The lowest BCUT2D eigenvalue weighted by Crippen LogP contribution is -2.00. The smallest absolute Gasteiger partial charge is 0.119 e. The van der Waals surface area contributed by atoms with Crippen LogP contribution in [0, 0.1) is 0 Å². The van der Waals surface area contributed by atoms with E-state index in [9.17, 15) is 0 Å². The van der Waals surface area contributed by atoms with Crippen molar-refractivity contribution in [2.75, 3.05) is 13.2 Å². The Labute approximate surface area is 142 Å². The van der Waals surface area contributed by atoms with Gasteiger partial charge in [0.2, 0.25) is 0 Å². The Hall–Kier alpha value is -1.22. The van der Waals surface area contributed by atoms with Crippen molar-refractivity contribution in [2.24, 2.45) is 5.73 Å². The van der Waals surface area contributed by atoms with Crippen LogP contribution in [-0.2, 0) is 0 Å². The second-order valence-corrected chi connectivity index (χ2v) is 5.99. The Bertz CT molecular complexity index is 564. The molecular weight excluding hydrogens is 317 g/mol. The van der Waals surface area contributed by atoms with Crippen LogP contribution in [0.5, 0.6) is 5.75 Å². The van der Waals surface area contributed by atoms with Gasteiger partial charge in [-0.2, -0.15) is 0 Å². The number of hydrogen-bond acceptors (Lipinski definition) is 2. The molecule has 2 aromatic carbocycles. The molecule has 22 heavy (non-hydrogen) atoms. The second kappa shape index (κ2) is 9.04. The van der Waals surface area contributed by atoms with Gasteiger partial charge in [0.15, 0.2) is 0 Å². The minimum absolute atomic E-state index is 0.654. The molecule has 0 heterocycles. The van der Waals surface area contributed by atoms with Gasteiger partial charge in [0.1, 0.15) is 5.75 Å². The largest absolute Gasteiger partial charge is 0.494 e. The average Bonchev–Trinajstić information content (AvgIpc) is 2.52. The molecule has 0 atom stereocenters. The molecule has 2 nitrogen and oxygen atoms in total. The molecule has 0 saturated heterocycles. The highest BCUT2D eigenvalue weighted by atomic mass is 35.5. The van der Waals surface area contributed by atoms with Crippen molar-refractivity contribution in [3.63, 3.8) is 0 Å². The van der Waals surface area contributed by atoms with E-state index in [1.54, 1.807) is 0 Å². The Morgan fingerprint density at radius 1 is 0.818 bits per heavy atom. The number of halogens is 2. The minimum atomic E-state index is 0.654. The van der Waals surface area contributed by atoms with Crippen molar-refractivity contribution in [1.82, 2.24) is 0 Å². The van der Waals surface area contributed by atoms with E-state index in [0.29, 0.717) is 10.0 Å². The van der Waals surface area contributed by atoms with E-state index in [0.717, 1.165) is 49.3 Å². The molecule has 0 aromatic heterocycles. The summed E-state index contributed by atoms with van der Waals surface area (Å²) in [7, 11) is 0. The molecule has 2 aromatic rings. The van der Waals surface area contributed by atoms with Crippen LogP contribution in [-0.4, -0.2) is 13.2 Å². The van der Waals surface area contributed by atoms with E-state index < -0.39 is 0 Å². The van der Waals surface area contributed by atoms with Gasteiger partial charge in [-0.05, 0) is 49.2 Å². The Morgan fingerprint density at radius 2 is 1.45 bits per heavy atom. The number of nitrogens with two attached hydrogens (primary N) is 1. The van der Waals surface area contributed by atoms with Gasteiger partial charge in [0.25, 0.3) is 0 Å². The fourth-order valence-corrected chi connectivity index (χ4v) is 2.90. The molecule has 0 fully saturated rings. The van der Waals surface area contributed by atoms with E-state index in [2.05, 4.69) is 0 Å². The van der Waals surface area contributed by atoms with Gasteiger partial charge in [-0.3, -0.25) is 0 Å². The fourth-order valence-electron chi connectivity index (χ4n) is 2.28. The third-order valence-electron chi connectivity index (χ3n) is 3.47. The monoisotopic (exact) mass is 337 g/mol. The first-order valence-corrected chi connectivity index (χ1v) is 8.35. The molecule has 0 radical (unpaired) electrons. The highest BCUT2D eigenvalue weighted by Gasteiger charge is 2.08. The van der Waals surface area contributed by atoms with Crippen LogP contribution in [0.15, 0.2) is 42.5 Å². The van der Waals surface area contributed by atoms with Crippen LogP contribution in [0.3, 0.4) is 0 Å². The summed E-state index contributed by atoms with van der Waals surface area (Å²) < 4.78 is 5.74. The third kappa shape index (κ3) is 4.91. The van der Waals surface area contributed by atoms with Crippen LogP contribution in [0.1, 0.15) is 25.7 Å². The van der Waals surface area contributed by atoms with Crippen LogP contribution in [0.2, 0.25) is 10.0 Å². The van der Waals surface area contributed by atoms with Gasteiger partial charge >= 0.3 is 0 Å². The molecule has 0 aliphatic heterocycles. The predicted molar refractivity (Wildman–Crippen MR) is 94.9 cm³/mol. The summed E-state index contributed by atoms with van der Waals surface area (Å²) in [6.07, 6.45) is 4.47. The summed E-state index contributed by atoms with van der Waals surface area (Å²) in [4.78, 5) is 0. The topological polar surface area (TPSA) is 35.2 Å². The number of rotatable bonds is 8. The molecule has 4 heteroatoms. The summed E-state index contributed by atoms with van der Waals surface area (Å²) >= 11 is 12.4. The first-order chi connectivity index (χ1) is 10.7. The van der Waals surface area contributed by atoms with Gasteiger partial charge in [-0.15, -0.1) is 0 Å². The summed E-state index contributed by atoms with van der Waals surface area (Å²) in [6, 6.07) is 13.4. The van der Waals surface area contributed by atoms with Crippen LogP contribution in [0.25, 0.3) is 11.1 Å². The Balaban J connectivity index is 1.91. The molecule has 0 saturated carbocycles. The van der Waals surface area contributed by atoms with E-state index >= 15 is 0 Å². The zero-order chi connectivity index (χ0) is 15.8. The molecule has 0 aliphatic carbocycles. The third-order valence-corrected chi connectivity index (χ3v) is 4.10. The zero-order valence-corrected chi connectivity index (χ0v) is 14.0. The van der Waals surface area contributed by atoms with E-state index in [-0.39, 0.29) is 0 Å². The molecule has 0 amide bonds. The Kier molecular flexibility index (Phi) is 7.04. The van der Waals surface area contributed by atoms with Crippen molar-refractivity contribution in [1.29, 1.82) is 0 Å². The maximum absolute atomic E-state index is 6.22. The van der Waals surface area contributed by atoms with Gasteiger partial charge in [0.05, 0.1) is 6.61 Å². The molecule has 0 bridgehead atoms. The predicted octanol–water partition coefficient (Wildman–Crippen LogP) is 5.56. The van der Waals surface area contributed by atoms with Crippen LogP contribution >= 0.6 is 23.2 Å². The Morgan fingerprint density at radius 3 is 2.09 bits per heavy atom. The van der Waals surface area contributed by atoms with Crippen molar-refractivity contribution in [3.8, 4) is 16.9 Å². The molecule has 0 spiro atoms. The van der Waals surface area contributed by atoms with E-state index in [4.69, 9.17) is 33.7 Å². The van der Waals surface area contributed by atoms with Crippen molar-refractivity contribution >= 4 is 23.2 Å². The summed E-state index contributed by atoms with van der Waals surface area (Å²) in [5.74, 6) is 0.866. The number of hydrogen-bond donors (Lipinski definition) is 1. The number of ether oxygens (including phenoxy) is 1. The van der Waals surface area contributed by atoms with E-state index in [1.165, 1.54) is 6.42 Å². The molecule has 2 rings (SSSR count). The number of benzene rings is 2. The zero-order valence-electron chi connectivity index (χ0n) is 12.5. The molecule has 2 N–H and O–H groups in total. The molecule has 118 valence electrons. The maximum Gasteiger partial charge on any atom is 0.119 e. The average molecular weight is 338 g/mol. The van der Waals surface area contributed by atoms with Gasteiger partial charge in [-0.1, -0.05) is 54.2 Å². The first-order valence-electron chi connectivity index (χ1n) is 7.59. The normalized spacial score (nSPS) is 10.7. The van der Waals surface area contributed by atoms with Gasteiger partial charge in [-0.25, -0.2) is 0 Å². The lowest BCUT2D eigenvalue weighted by Gasteiger charge is -2.09. The SMILES string of the molecule is NCCCCCCOc1ccc(-c2c(Cl)cccc2Cl)cc1. The van der Waals surface area contributed by atoms with Crippen LogP contribution < -0.4 is 10.5 Å². The van der Waals surface area contributed by atoms with Gasteiger partial charge in [0, 0.05) is 15.6 Å². The van der Waals surface area contributed by atoms with Crippen molar-refractivity contribution < 1.29 is 4.74 Å². The lowest BCUT2D eigenvalue weighted by molar-refractivity contribution is 0.305. The molecule has 0 unspecified atom stereocenters. The standard InChI is InChI=1S/C18H21Cl2NO/c19-16-6-5-7-17(20)18(16)14-8-10-15(11-9-14)22-13-4-2-1-3-12-21/h5-11H,1-4,12-13,21H2. The fraction of sp³-hybridized carbons (Fsp3) is 0.333.